The fraction of sp³-hybridized carbons (Fsp3) is 0.0682. The Morgan fingerprint density at radius 3 is 2.04 bits per heavy atom. The van der Waals surface area contributed by atoms with Gasteiger partial charge in [-0.1, -0.05) is 135 Å². The molecule has 0 radical (unpaired) electrons. The van der Waals surface area contributed by atoms with Crippen LogP contribution >= 0.6 is 11.8 Å². The molecular formula is C44H31NS. The third kappa shape index (κ3) is 4.21. The van der Waals surface area contributed by atoms with Crippen molar-refractivity contribution in [3.05, 3.63) is 163 Å². The molecule has 0 bridgehead atoms. The Balaban J connectivity index is 1.12. The highest BCUT2D eigenvalue weighted by Crippen LogP contribution is 2.50. The van der Waals surface area contributed by atoms with Crippen LogP contribution in [0.25, 0.3) is 65.7 Å². The lowest BCUT2D eigenvalue weighted by atomic mass is 9.81. The van der Waals surface area contributed by atoms with Gasteiger partial charge in [0.1, 0.15) is 0 Å². The van der Waals surface area contributed by atoms with Gasteiger partial charge in [-0.3, -0.25) is 4.98 Å². The molecular weight excluding hydrogens is 575 g/mol. The molecule has 46 heavy (non-hydrogen) atoms. The molecule has 0 spiro atoms. The maximum absolute atomic E-state index is 4.60. The maximum atomic E-state index is 4.60. The zero-order valence-electron chi connectivity index (χ0n) is 25.8. The summed E-state index contributed by atoms with van der Waals surface area (Å²) in [6, 6.07) is 51.3. The third-order valence-electron chi connectivity index (χ3n) is 9.81. The standard InChI is InChI=1S/C44H31NS/c1-44(2)40-14-8-7-11-34(40)35-22-19-31(26-41(35)44)29-17-20-33(21-18-29)46-43-37-13-6-5-12-36(37)42(39-27-45-24-23-38(39)43)32-16-15-28-9-3-4-10-30(28)25-32/h3-27H,1-2H3. The summed E-state index contributed by atoms with van der Waals surface area (Å²) in [7, 11) is 0. The fourth-order valence-corrected chi connectivity index (χ4v) is 8.55. The molecule has 0 aliphatic heterocycles. The van der Waals surface area contributed by atoms with Gasteiger partial charge in [-0.15, -0.1) is 0 Å². The summed E-state index contributed by atoms with van der Waals surface area (Å²) in [6.07, 6.45) is 3.95. The quantitative estimate of drug-likeness (QED) is 0.185. The minimum absolute atomic E-state index is 0.00624. The predicted octanol–water partition coefficient (Wildman–Crippen LogP) is 12.3. The molecule has 0 unspecified atom stereocenters. The second-order valence-electron chi connectivity index (χ2n) is 12.8. The first-order valence-electron chi connectivity index (χ1n) is 15.9. The van der Waals surface area contributed by atoms with Crippen LogP contribution in [0.2, 0.25) is 0 Å². The number of benzene rings is 7. The number of fused-ring (bicyclic) bond motifs is 6. The summed E-state index contributed by atoms with van der Waals surface area (Å²) in [4.78, 5) is 7.09. The van der Waals surface area contributed by atoms with E-state index in [2.05, 4.69) is 158 Å². The molecule has 1 aliphatic rings. The summed E-state index contributed by atoms with van der Waals surface area (Å²) in [6.45, 7) is 4.69. The lowest BCUT2D eigenvalue weighted by molar-refractivity contribution is 0.660. The van der Waals surface area contributed by atoms with E-state index in [1.54, 1.807) is 0 Å². The molecule has 1 nitrogen and oxygen atoms in total. The van der Waals surface area contributed by atoms with Crippen molar-refractivity contribution in [1.29, 1.82) is 0 Å². The van der Waals surface area contributed by atoms with E-state index in [-0.39, 0.29) is 5.41 Å². The van der Waals surface area contributed by atoms with Gasteiger partial charge in [-0.05, 0) is 102 Å². The van der Waals surface area contributed by atoms with Crippen LogP contribution in [0.1, 0.15) is 25.0 Å². The van der Waals surface area contributed by atoms with Gasteiger partial charge in [0, 0.05) is 33.0 Å². The summed E-state index contributed by atoms with van der Waals surface area (Å²) >= 11 is 1.84. The topological polar surface area (TPSA) is 12.9 Å². The number of rotatable bonds is 4. The Morgan fingerprint density at radius 1 is 0.500 bits per heavy atom. The first kappa shape index (κ1) is 27.2. The smallest absolute Gasteiger partial charge is 0.0353 e. The zero-order valence-corrected chi connectivity index (χ0v) is 26.6. The van der Waals surface area contributed by atoms with Crippen LogP contribution in [0.5, 0.6) is 0 Å². The minimum atomic E-state index is -0.00624. The van der Waals surface area contributed by atoms with Crippen molar-refractivity contribution in [1.82, 2.24) is 4.98 Å². The second-order valence-corrected chi connectivity index (χ2v) is 13.9. The fourth-order valence-electron chi connectivity index (χ4n) is 7.46. The lowest BCUT2D eigenvalue weighted by Gasteiger charge is -2.22. The molecule has 0 amide bonds. The van der Waals surface area contributed by atoms with Crippen LogP contribution in [0.15, 0.2) is 162 Å². The molecule has 9 rings (SSSR count). The van der Waals surface area contributed by atoms with Crippen molar-refractivity contribution >= 4 is 44.1 Å². The summed E-state index contributed by atoms with van der Waals surface area (Å²) in [5.74, 6) is 0. The van der Waals surface area contributed by atoms with Crippen LogP contribution in [0.3, 0.4) is 0 Å². The van der Waals surface area contributed by atoms with Gasteiger partial charge in [0.05, 0.1) is 0 Å². The van der Waals surface area contributed by atoms with Gasteiger partial charge in [0.2, 0.25) is 0 Å². The van der Waals surface area contributed by atoms with Gasteiger partial charge in [-0.25, -0.2) is 0 Å². The van der Waals surface area contributed by atoms with Crippen LogP contribution in [0.4, 0.5) is 0 Å². The molecule has 0 N–H and O–H groups in total. The molecule has 0 fully saturated rings. The molecule has 0 saturated carbocycles. The minimum Gasteiger partial charge on any atom is -0.264 e. The largest absolute Gasteiger partial charge is 0.264 e. The highest BCUT2D eigenvalue weighted by molar-refractivity contribution is 7.99. The monoisotopic (exact) mass is 605 g/mol. The average Bonchev–Trinajstić information content (AvgIpc) is 3.34. The van der Waals surface area contributed by atoms with Crippen LogP contribution in [0, 0.1) is 0 Å². The van der Waals surface area contributed by atoms with Gasteiger partial charge >= 0.3 is 0 Å². The van der Waals surface area contributed by atoms with Crippen molar-refractivity contribution < 1.29 is 0 Å². The molecule has 8 aromatic rings. The average molecular weight is 606 g/mol. The van der Waals surface area contributed by atoms with E-state index >= 15 is 0 Å². The van der Waals surface area contributed by atoms with Crippen molar-refractivity contribution in [2.75, 3.05) is 0 Å². The van der Waals surface area contributed by atoms with Crippen molar-refractivity contribution in [2.45, 2.75) is 29.1 Å². The van der Waals surface area contributed by atoms with Crippen molar-refractivity contribution in [2.24, 2.45) is 0 Å². The third-order valence-corrected chi connectivity index (χ3v) is 11.0. The Kier molecular flexibility index (Phi) is 6.16. The van der Waals surface area contributed by atoms with E-state index in [4.69, 9.17) is 0 Å². The van der Waals surface area contributed by atoms with E-state index in [0.717, 1.165) is 0 Å². The first-order valence-corrected chi connectivity index (χ1v) is 16.7. The summed E-state index contributed by atoms with van der Waals surface area (Å²) in [5, 5.41) is 7.42. The lowest BCUT2D eigenvalue weighted by Crippen LogP contribution is -2.14. The Labute approximate surface area is 273 Å². The van der Waals surface area contributed by atoms with Crippen LogP contribution < -0.4 is 0 Å². The Morgan fingerprint density at radius 2 is 1.17 bits per heavy atom. The van der Waals surface area contributed by atoms with Crippen molar-refractivity contribution in [3.63, 3.8) is 0 Å². The van der Waals surface area contributed by atoms with E-state index in [1.165, 1.54) is 86.6 Å². The van der Waals surface area contributed by atoms with Gasteiger partial charge in [0.15, 0.2) is 0 Å². The molecule has 0 saturated heterocycles. The van der Waals surface area contributed by atoms with Crippen LogP contribution in [-0.2, 0) is 5.41 Å². The van der Waals surface area contributed by atoms with E-state index in [1.807, 2.05) is 24.2 Å². The number of hydrogen-bond donors (Lipinski definition) is 0. The summed E-state index contributed by atoms with van der Waals surface area (Å²) in [5.41, 5.74) is 10.5. The molecule has 1 aliphatic carbocycles. The number of aromatic nitrogens is 1. The molecule has 1 aromatic heterocycles. The molecule has 218 valence electrons. The molecule has 0 atom stereocenters. The van der Waals surface area contributed by atoms with Crippen molar-refractivity contribution in [3.8, 4) is 33.4 Å². The first-order chi connectivity index (χ1) is 22.6. The maximum Gasteiger partial charge on any atom is 0.0353 e. The normalized spacial score (nSPS) is 13.3. The number of hydrogen-bond acceptors (Lipinski definition) is 2. The number of nitrogens with zero attached hydrogens (tertiary/aromatic N) is 1. The van der Waals surface area contributed by atoms with Gasteiger partial charge < -0.3 is 0 Å². The highest BCUT2D eigenvalue weighted by atomic mass is 32.2. The second kappa shape index (κ2) is 10.4. The van der Waals surface area contributed by atoms with Gasteiger partial charge in [0.25, 0.3) is 0 Å². The Hall–Kier alpha value is -5.18. The Bertz CT molecular complexity index is 2410. The molecule has 1 heterocycles. The van der Waals surface area contributed by atoms with E-state index in [9.17, 15) is 0 Å². The number of pyridine rings is 1. The zero-order chi connectivity index (χ0) is 30.8. The molecule has 7 aromatic carbocycles. The highest BCUT2D eigenvalue weighted by Gasteiger charge is 2.35. The predicted molar refractivity (Wildman–Crippen MR) is 196 cm³/mol. The SMILES string of the molecule is CC1(C)c2ccccc2-c2ccc(-c3ccc(Sc4c5ccccc5c(-c5ccc6ccccc6c5)c5cnccc45)cc3)cc21. The van der Waals surface area contributed by atoms with Crippen LogP contribution in [-0.4, -0.2) is 4.98 Å². The van der Waals surface area contributed by atoms with E-state index < -0.39 is 0 Å². The molecule has 2 heteroatoms. The van der Waals surface area contributed by atoms with E-state index in [0.29, 0.717) is 0 Å². The summed E-state index contributed by atoms with van der Waals surface area (Å²) < 4.78 is 0. The van der Waals surface area contributed by atoms with Gasteiger partial charge in [-0.2, -0.15) is 0 Å².